The number of ether oxygens (including phenoxy) is 1. The third kappa shape index (κ3) is 5.73. The Morgan fingerprint density at radius 1 is 1.27 bits per heavy atom. The number of Topliss-reactive ketones (excluding diaryl/α,β-unsaturated/α-hetero) is 1. The van der Waals surface area contributed by atoms with Crippen molar-refractivity contribution in [3.63, 3.8) is 0 Å². The van der Waals surface area contributed by atoms with E-state index in [9.17, 15) is 4.79 Å². The first-order chi connectivity index (χ1) is 12.2. The topological polar surface area (TPSA) is 41.6 Å². The molecule has 1 N–H and O–H groups in total. The normalized spacial score (nSPS) is 13.9. The Hall–Kier alpha value is -2.07. The number of likely N-dealkylation sites (N-methyl/N-ethyl adjacent to an activating group) is 1. The van der Waals surface area contributed by atoms with Crippen molar-refractivity contribution in [2.45, 2.75) is 40.0 Å². The molecule has 1 aromatic carbocycles. The average Bonchev–Trinajstić information content (AvgIpc) is 2.53. The SMILES string of the molecule is C=C1C=C(CCCC(=O)C(C)(C)C)c2ccc(NCCN(C)C)cc2O1. The van der Waals surface area contributed by atoms with Gasteiger partial charge < -0.3 is 15.0 Å². The van der Waals surface area contributed by atoms with Gasteiger partial charge in [-0.15, -0.1) is 0 Å². The second-order valence-electron chi connectivity index (χ2n) is 8.21. The lowest BCUT2D eigenvalue weighted by Crippen LogP contribution is -2.20. The summed E-state index contributed by atoms with van der Waals surface area (Å²) in [6.45, 7) is 11.7. The highest BCUT2D eigenvalue weighted by Gasteiger charge is 2.21. The fourth-order valence-electron chi connectivity index (χ4n) is 2.87. The van der Waals surface area contributed by atoms with Crippen molar-refractivity contribution >= 4 is 17.0 Å². The lowest BCUT2D eigenvalue weighted by atomic mass is 9.87. The van der Waals surface area contributed by atoms with Crippen LogP contribution in [0.1, 0.15) is 45.6 Å². The zero-order valence-electron chi connectivity index (χ0n) is 16.8. The first-order valence-electron chi connectivity index (χ1n) is 9.30. The summed E-state index contributed by atoms with van der Waals surface area (Å²) < 4.78 is 5.82. The maximum atomic E-state index is 12.1. The Kier molecular flexibility index (Phi) is 6.65. The Labute approximate surface area is 157 Å². The third-order valence-corrected chi connectivity index (χ3v) is 4.48. The Morgan fingerprint density at radius 2 is 2.00 bits per heavy atom. The molecule has 0 amide bonds. The highest BCUT2D eigenvalue weighted by Crippen LogP contribution is 2.37. The van der Waals surface area contributed by atoms with Crippen LogP contribution < -0.4 is 10.1 Å². The van der Waals surface area contributed by atoms with Crippen LogP contribution in [0.5, 0.6) is 5.75 Å². The second kappa shape index (κ2) is 8.54. The summed E-state index contributed by atoms with van der Waals surface area (Å²) in [5.41, 5.74) is 3.07. The Bertz CT molecular complexity index is 697. The van der Waals surface area contributed by atoms with Gasteiger partial charge >= 0.3 is 0 Å². The number of carbonyl (C=O) groups excluding carboxylic acids is 1. The first kappa shape index (κ1) is 20.2. The summed E-state index contributed by atoms with van der Waals surface area (Å²) in [6, 6.07) is 6.21. The van der Waals surface area contributed by atoms with E-state index in [0.717, 1.165) is 42.9 Å². The molecule has 0 aliphatic carbocycles. The van der Waals surface area contributed by atoms with Crippen LogP contribution in [0.3, 0.4) is 0 Å². The van der Waals surface area contributed by atoms with E-state index in [1.165, 1.54) is 5.57 Å². The highest BCUT2D eigenvalue weighted by atomic mass is 16.5. The highest BCUT2D eigenvalue weighted by molar-refractivity contribution is 5.84. The molecule has 142 valence electrons. The molecule has 0 fully saturated rings. The van der Waals surface area contributed by atoms with Crippen molar-refractivity contribution in [2.75, 3.05) is 32.5 Å². The number of allylic oxidation sites excluding steroid dienone is 2. The number of nitrogens with zero attached hydrogens (tertiary/aromatic N) is 1. The molecule has 0 radical (unpaired) electrons. The van der Waals surface area contributed by atoms with Gasteiger partial charge in [0.05, 0.1) is 0 Å². The number of carbonyl (C=O) groups is 1. The van der Waals surface area contributed by atoms with Crippen LogP contribution in [0.25, 0.3) is 5.57 Å². The van der Waals surface area contributed by atoms with E-state index in [-0.39, 0.29) is 5.41 Å². The monoisotopic (exact) mass is 356 g/mol. The number of rotatable bonds is 8. The number of nitrogens with one attached hydrogen (secondary N) is 1. The molecule has 0 bridgehead atoms. The maximum Gasteiger partial charge on any atom is 0.138 e. The van der Waals surface area contributed by atoms with E-state index >= 15 is 0 Å². The summed E-state index contributed by atoms with van der Waals surface area (Å²) in [4.78, 5) is 14.3. The number of benzene rings is 1. The van der Waals surface area contributed by atoms with Crippen LogP contribution >= 0.6 is 0 Å². The predicted octanol–water partition coefficient (Wildman–Crippen LogP) is 4.74. The number of ketones is 1. The molecule has 0 spiro atoms. The zero-order chi connectivity index (χ0) is 19.3. The van der Waals surface area contributed by atoms with E-state index in [1.54, 1.807) is 0 Å². The van der Waals surface area contributed by atoms with Crippen LogP contribution in [-0.2, 0) is 4.79 Å². The van der Waals surface area contributed by atoms with Crippen LogP contribution in [0.15, 0.2) is 36.6 Å². The van der Waals surface area contributed by atoms with Crippen LogP contribution in [0.4, 0.5) is 5.69 Å². The minimum Gasteiger partial charge on any atom is -0.457 e. The van der Waals surface area contributed by atoms with Crippen LogP contribution in [0, 0.1) is 5.41 Å². The van der Waals surface area contributed by atoms with Crippen LogP contribution in [0.2, 0.25) is 0 Å². The fourth-order valence-corrected chi connectivity index (χ4v) is 2.87. The lowest BCUT2D eigenvalue weighted by Gasteiger charge is -2.22. The van der Waals surface area contributed by atoms with Gasteiger partial charge in [0.1, 0.15) is 17.3 Å². The number of hydrogen-bond donors (Lipinski definition) is 1. The van der Waals surface area contributed by atoms with Crippen molar-refractivity contribution in [3.05, 3.63) is 42.2 Å². The molecule has 4 nitrogen and oxygen atoms in total. The van der Waals surface area contributed by atoms with E-state index in [0.29, 0.717) is 18.0 Å². The molecule has 0 aromatic heterocycles. The number of anilines is 1. The zero-order valence-corrected chi connectivity index (χ0v) is 16.8. The van der Waals surface area contributed by atoms with Gasteiger partial charge in [0.15, 0.2) is 0 Å². The van der Waals surface area contributed by atoms with Gasteiger partial charge in [-0.25, -0.2) is 0 Å². The molecule has 4 heteroatoms. The van der Waals surface area contributed by atoms with E-state index in [1.807, 2.05) is 32.9 Å². The minimum atomic E-state index is -0.265. The Balaban J connectivity index is 2.02. The molecular weight excluding hydrogens is 324 g/mol. The van der Waals surface area contributed by atoms with E-state index in [4.69, 9.17) is 4.74 Å². The van der Waals surface area contributed by atoms with E-state index < -0.39 is 0 Å². The minimum absolute atomic E-state index is 0.265. The summed E-state index contributed by atoms with van der Waals surface area (Å²) >= 11 is 0. The van der Waals surface area contributed by atoms with E-state index in [2.05, 4.69) is 43.0 Å². The Morgan fingerprint density at radius 3 is 2.65 bits per heavy atom. The van der Waals surface area contributed by atoms with Gasteiger partial charge in [0.2, 0.25) is 0 Å². The van der Waals surface area contributed by atoms with Crippen LogP contribution in [-0.4, -0.2) is 37.9 Å². The molecular formula is C22H32N2O2. The molecule has 1 aromatic rings. The maximum absolute atomic E-state index is 12.1. The van der Waals surface area contributed by atoms with Gasteiger partial charge in [0, 0.05) is 42.2 Å². The molecule has 2 rings (SSSR count). The molecule has 0 saturated heterocycles. The summed E-state index contributed by atoms with van der Waals surface area (Å²) in [6.07, 6.45) is 4.29. The largest absolute Gasteiger partial charge is 0.457 e. The lowest BCUT2D eigenvalue weighted by molar-refractivity contribution is -0.126. The van der Waals surface area contributed by atoms with Crippen molar-refractivity contribution in [1.29, 1.82) is 0 Å². The smallest absolute Gasteiger partial charge is 0.138 e. The van der Waals surface area contributed by atoms with Crippen molar-refractivity contribution in [1.82, 2.24) is 4.90 Å². The summed E-state index contributed by atoms with van der Waals surface area (Å²) in [7, 11) is 4.12. The van der Waals surface area contributed by atoms with Crippen molar-refractivity contribution < 1.29 is 9.53 Å². The molecule has 1 aliphatic heterocycles. The third-order valence-electron chi connectivity index (χ3n) is 4.48. The van der Waals surface area contributed by atoms with Crippen molar-refractivity contribution in [2.24, 2.45) is 5.41 Å². The predicted molar refractivity (Wildman–Crippen MR) is 110 cm³/mol. The number of hydrogen-bond acceptors (Lipinski definition) is 4. The van der Waals surface area contributed by atoms with Gasteiger partial charge in [-0.2, -0.15) is 0 Å². The molecule has 0 saturated carbocycles. The fraction of sp³-hybridized carbons (Fsp3) is 0.500. The van der Waals surface area contributed by atoms with Gasteiger partial charge in [-0.1, -0.05) is 27.4 Å². The van der Waals surface area contributed by atoms with Gasteiger partial charge in [-0.3, -0.25) is 4.79 Å². The summed E-state index contributed by atoms with van der Waals surface area (Å²) in [5, 5.41) is 3.42. The molecule has 0 unspecified atom stereocenters. The standard InChI is InChI=1S/C22H32N2O2/c1-16-14-17(8-7-9-21(25)22(2,3)4)19-11-10-18(15-20(19)26-16)23-12-13-24(5)6/h10-11,14-15,23H,1,7-9,12-13H2,2-6H3. The molecule has 1 aliphatic rings. The second-order valence-corrected chi connectivity index (χ2v) is 8.21. The molecule has 26 heavy (non-hydrogen) atoms. The van der Waals surface area contributed by atoms with Crippen molar-refractivity contribution in [3.8, 4) is 5.75 Å². The first-order valence-corrected chi connectivity index (χ1v) is 9.30. The number of fused-ring (bicyclic) bond motifs is 1. The quantitative estimate of drug-likeness (QED) is 0.731. The molecule has 0 atom stereocenters. The summed E-state index contributed by atoms with van der Waals surface area (Å²) in [5.74, 6) is 1.80. The van der Waals surface area contributed by atoms with Gasteiger partial charge in [-0.05, 0) is 50.7 Å². The molecule has 1 heterocycles. The van der Waals surface area contributed by atoms with Gasteiger partial charge in [0.25, 0.3) is 0 Å². The average molecular weight is 357 g/mol.